The lowest BCUT2D eigenvalue weighted by atomic mass is 9.97. The summed E-state index contributed by atoms with van der Waals surface area (Å²) in [5.74, 6) is -1.03. The molecule has 1 N–H and O–H groups in total. The second kappa shape index (κ2) is 5.67. The summed E-state index contributed by atoms with van der Waals surface area (Å²) in [6.07, 6.45) is 2.05. The molecule has 3 heterocycles. The number of piperidine rings is 1. The van der Waals surface area contributed by atoms with Crippen LogP contribution < -0.4 is 0 Å². The number of rotatable bonds is 1. The van der Waals surface area contributed by atoms with Gasteiger partial charge in [-0.25, -0.2) is 4.79 Å². The number of urea groups is 1. The molecule has 21 heavy (non-hydrogen) atoms. The largest absolute Gasteiger partial charge is 0.481 e. The first-order valence-corrected chi connectivity index (χ1v) is 8.30. The van der Waals surface area contributed by atoms with Crippen molar-refractivity contribution in [1.82, 2.24) is 9.80 Å². The van der Waals surface area contributed by atoms with Gasteiger partial charge >= 0.3 is 12.0 Å². The van der Waals surface area contributed by atoms with E-state index in [-0.39, 0.29) is 18.0 Å². The molecule has 2 aliphatic heterocycles. The van der Waals surface area contributed by atoms with E-state index in [1.165, 1.54) is 10.4 Å². The molecule has 0 saturated carbocycles. The van der Waals surface area contributed by atoms with Crippen LogP contribution in [-0.2, 0) is 11.2 Å². The molecule has 1 atom stereocenters. The maximum absolute atomic E-state index is 12.7. The van der Waals surface area contributed by atoms with E-state index in [1.54, 1.807) is 11.3 Å². The van der Waals surface area contributed by atoms with Crippen molar-refractivity contribution in [3.05, 3.63) is 21.9 Å². The number of amides is 2. The number of aliphatic carboxylic acids is 1. The summed E-state index contributed by atoms with van der Waals surface area (Å²) >= 11 is 1.77. The number of carbonyl (C=O) groups is 2. The van der Waals surface area contributed by atoms with Gasteiger partial charge in [0.05, 0.1) is 12.0 Å². The lowest BCUT2D eigenvalue weighted by Gasteiger charge is -2.39. The van der Waals surface area contributed by atoms with Gasteiger partial charge in [-0.1, -0.05) is 0 Å². The van der Waals surface area contributed by atoms with E-state index in [0.717, 1.165) is 13.0 Å². The molecule has 2 amide bonds. The van der Waals surface area contributed by atoms with Gasteiger partial charge in [0.2, 0.25) is 0 Å². The average molecular weight is 308 g/mol. The SMILES string of the molecule is CC1c2ccsc2CCN1C(=O)N1CCC(C(=O)O)CC1. The number of likely N-dealkylation sites (tertiary alicyclic amines) is 1. The lowest BCUT2D eigenvalue weighted by molar-refractivity contribution is -0.143. The van der Waals surface area contributed by atoms with Gasteiger partial charge in [0, 0.05) is 24.5 Å². The van der Waals surface area contributed by atoms with Crippen LogP contribution in [-0.4, -0.2) is 46.5 Å². The number of nitrogens with zero attached hydrogens (tertiary/aromatic N) is 2. The van der Waals surface area contributed by atoms with E-state index in [2.05, 4.69) is 18.4 Å². The molecule has 2 aliphatic rings. The van der Waals surface area contributed by atoms with Crippen LogP contribution in [0, 0.1) is 5.92 Å². The Bertz CT molecular complexity index is 549. The van der Waals surface area contributed by atoms with Crippen LogP contribution in [0.4, 0.5) is 4.79 Å². The minimum Gasteiger partial charge on any atom is -0.481 e. The van der Waals surface area contributed by atoms with Gasteiger partial charge in [0.15, 0.2) is 0 Å². The molecular weight excluding hydrogens is 288 g/mol. The Morgan fingerprint density at radius 2 is 2.00 bits per heavy atom. The highest BCUT2D eigenvalue weighted by atomic mass is 32.1. The zero-order valence-corrected chi connectivity index (χ0v) is 12.9. The molecule has 1 saturated heterocycles. The summed E-state index contributed by atoms with van der Waals surface area (Å²) in [7, 11) is 0. The van der Waals surface area contributed by atoms with Crippen LogP contribution in [0.2, 0.25) is 0 Å². The van der Waals surface area contributed by atoms with Gasteiger partial charge in [-0.05, 0) is 43.2 Å². The number of hydrogen-bond donors (Lipinski definition) is 1. The molecule has 3 rings (SSSR count). The van der Waals surface area contributed by atoms with Gasteiger partial charge in [0.25, 0.3) is 0 Å². The lowest BCUT2D eigenvalue weighted by Crippen LogP contribution is -2.49. The summed E-state index contributed by atoms with van der Waals surface area (Å²) in [5.41, 5.74) is 1.26. The first kappa shape index (κ1) is 14.4. The van der Waals surface area contributed by atoms with Crippen molar-refractivity contribution in [2.75, 3.05) is 19.6 Å². The van der Waals surface area contributed by atoms with Crippen molar-refractivity contribution in [2.24, 2.45) is 5.92 Å². The first-order chi connectivity index (χ1) is 10.1. The monoisotopic (exact) mass is 308 g/mol. The minimum absolute atomic E-state index is 0.0585. The fourth-order valence-corrected chi connectivity index (χ4v) is 4.23. The summed E-state index contributed by atoms with van der Waals surface area (Å²) in [6.45, 7) is 3.93. The van der Waals surface area contributed by atoms with Crippen LogP contribution in [0.15, 0.2) is 11.4 Å². The molecule has 6 heteroatoms. The Morgan fingerprint density at radius 3 is 2.67 bits per heavy atom. The zero-order chi connectivity index (χ0) is 15.0. The van der Waals surface area contributed by atoms with Crippen molar-refractivity contribution < 1.29 is 14.7 Å². The Morgan fingerprint density at radius 1 is 1.29 bits per heavy atom. The molecule has 1 aromatic rings. The van der Waals surface area contributed by atoms with Gasteiger partial charge in [-0.2, -0.15) is 0 Å². The van der Waals surface area contributed by atoms with E-state index in [0.29, 0.717) is 25.9 Å². The number of hydrogen-bond acceptors (Lipinski definition) is 3. The second-order valence-corrected chi connectivity index (χ2v) is 6.80. The zero-order valence-electron chi connectivity index (χ0n) is 12.1. The van der Waals surface area contributed by atoms with Crippen molar-refractivity contribution >= 4 is 23.3 Å². The highest BCUT2D eigenvalue weighted by Gasteiger charge is 2.33. The molecular formula is C15H20N2O3S. The molecule has 5 nitrogen and oxygen atoms in total. The predicted molar refractivity (Wildman–Crippen MR) is 80.5 cm³/mol. The van der Waals surface area contributed by atoms with Crippen molar-refractivity contribution in [3.8, 4) is 0 Å². The third-order valence-corrected chi connectivity index (χ3v) is 5.63. The topological polar surface area (TPSA) is 60.9 Å². The maximum atomic E-state index is 12.7. The number of carboxylic acid groups (broad SMARTS) is 1. The summed E-state index contributed by atoms with van der Waals surface area (Å²) < 4.78 is 0. The van der Waals surface area contributed by atoms with Crippen LogP contribution >= 0.6 is 11.3 Å². The van der Waals surface area contributed by atoms with Gasteiger partial charge in [0.1, 0.15) is 0 Å². The Hall–Kier alpha value is -1.56. The normalized spacial score (nSPS) is 23.0. The third-order valence-electron chi connectivity index (χ3n) is 4.64. The smallest absolute Gasteiger partial charge is 0.320 e. The molecule has 1 unspecified atom stereocenters. The number of carboxylic acids is 1. The third kappa shape index (κ3) is 2.64. The number of fused-ring (bicyclic) bond motifs is 1. The van der Waals surface area contributed by atoms with Crippen molar-refractivity contribution in [3.63, 3.8) is 0 Å². The Kier molecular flexibility index (Phi) is 3.89. The Balaban J connectivity index is 1.66. The molecule has 0 aliphatic carbocycles. The molecule has 0 radical (unpaired) electrons. The molecule has 0 spiro atoms. The molecule has 0 aromatic carbocycles. The van der Waals surface area contributed by atoms with E-state index in [9.17, 15) is 9.59 Å². The first-order valence-electron chi connectivity index (χ1n) is 7.42. The van der Waals surface area contributed by atoms with E-state index in [1.807, 2.05) is 9.80 Å². The predicted octanol–water partition coefficient (Wildman–Crippen LogP) is 2.58. The van der Waals surface area contributed by atoms with Crippen LogP contribution in [0.25, 0.3) is 0 Å². The van der Waals surface area contributed by atoms with Gasteiger partial charge < -0.3 is 14.9 Å². The average Bonchev–Trinajstić information content (AvgIpc) is 2.96. The highest BCUT2D eigenvalue weighted by molar-refractivity contribution is 7.10. The summed E-state index contributed by atoms with van der Waals surface area (Å²) in [5, 5.41) is 11.1. The number of carbonyl (C=O) groups excluding carboxylic acids is 1. The molecule has 1 fully saturated rings. The van der Waals surface area contributed by atoms with E-state index in [4.69, 9.17) is 5.11 Å². The molecule has 0 bridgehead atoms. The Labute approximate surface area is 128 Å². The maximum Gasteiger partial charge on any atom is 0.320 e. The standard InChI is InChI=1S/C15H20N2O3S/c1-10-12-5-9-21-13(12)4-8-17(10)15(20)16-6-2-11(3-7-16)14(18)19/h5,9-11H,2-4,6-8H2,1H3,(H,18,19). The minimum atomic E-state index is -0.739. The summed E-state index contributed by atoms with van der Waals surface area (Å²) in [6, 6.07) is 2.29. The number of thiophene rings is 1. The van der Waals surface area contributed by atoms with Gasteiger partial charge in [-0.15, -0.1) is 11.3 Å². The van der Waals surface area contributed by atoms with Crippen LogP contribution in [0.3, 0.4) is 0 Å². The van der Waals surface area contributed by atoms with Crippen LogP contribution in [0.1, 0.15) is 36.2 Å². The quantitative estimate of drug-likeness (QED) is 0.867. The van der Waals surface area contributed by atoms with Crippen molar-refractivity contribution in [2.45, 2.75) is 32.2 Å². The van der Waals surface area contributed by atoms with Crippen molar-refractivity contribution in [1.29, 1.82) is 0 Å². The van der Waals surface area contributed by atoms with E-state index < -0.39 is 5.97 Å². The van der Waals surface area contributed by atoms with Gasteiger partial charge in [-0.3, -0.25) is 4.79 Å². The van der Waals surface area contributed by atoms with Crippen LogP contribution in [0.5, 0.6) is 0 Å². The summed E-state index contributed by atoms with van der Waals surface area (Å²) in [4.78, 5) is 28.8. The molecule has 114 valence electrons. The second-order valence-electron chi connectivity index (χ2n) is 5.80. The molecule has 1 aromatic heterocycles. The fraction of sp³-hybridized carbons (Fsp3) is 0.600. The fourth-order valence-electron chi connectivity index (χ4n) is 3.27. The highest BCUT2D eigenvalue weighted by Crippen LogP contribution is 2.33. The van der Waals surface area contributed by atoms with E-state index >= 15 is 0 Å².